The first kappa shape index (κ1) is 7.73. The molecule has 0 fully saturated rings. The summed E-state index contributed by atoms with van der Waals surface area (Å²) in [5.41, 5.74) is 1.24. The third-order valence-electron chi connectivity index (χ3n) is 2.00. The van der Waals surface area contributed by atoms with Gasteiger partial charge in [0.1, 0.15) is 5.01 Å². The smallest absolute Gasteiger partial charge is 0.255 e. The van der Waals surface area contributed by atoms with E-state index in [1.54, 1.807) is 0 Å². The summed E-state index contributed by atoms with van der Waals surface area (Å²) >= 11 is 1.20. The summed E-state index contributed by atoms with van der Waals surface area (Å²) in [6.45, 7) is 0. The van der Waals surface area contributed by atoms with Crippen molar-refractivity contribution in [2.24, 2.45) is 0 Å². The summed E-state index contributed by atoms with van der Waals surface area (Å²) in [5.74, 6) is 0. The molecule has 4 heteroatoms. The Kier molecular flexibility index (Phi) is 2.08. The van der Waals surface area contributed by atoms with Crippen molar-refractivity contribution in [1.29, 1.82) is 0 Å². The van der Waals surface area contributed by atoms with E-state index in [1.807, 2.05) is 0 Å². The van der Waals surface area contributed by atoms with Gasteiger partial charge in [0, 0.05) is 0 Å². The maximum atomic E-state index is 10.8. The van der Waals surface area contributed by atoms with E-state index in [4.69, 9.17) is 0 Å². The van der Waals surface area contributed by atoms with Gasteiger partial charge in [-0.2, -0.15) is 5.10 Å². The van der Waals surface area contributed by atoms with Crippen LogP contribution in [-0.2, 0) is 0 Å². The highest BCUT2D eigenvalue weighted by Crippen LogP contribution is 2.25. The van der Waals surface area contributed by atoms with Gasteiger partial charge in [-0.15, -0.1) is 0 Å². The van der Waals surface area contributed by atoms with Crippen LogP contribution < -0.4 is 4.87 Å². The number of rotatable bonds is 1. The van der Waals surface area contributed by atoms with Gasteiger partial charge >= 0.3 is 4.87 Å². The molecule has 0 atom stereocenters. The van der Waals surface area contributed by atoms with Gasteiger partial charge in [0.25, 0.3) is 0 Å². The van der Waals surface area contributed by atoms with E-state index in [9.17, 15) is 4.79 Å². The minimum atomic E-state index is -0.0588. The van der Waals surface area contributed by atoms with E-state index >= 15 is 0 Å². The van der Waals surface area contributed by atoms with Crippen molar-refractivity contribution >= 4 is 16.9 Å². The van der Waals surface area contributed by atoms with Gasteiger partial charge < -0.3 is 0 Å². The monoisotopic (exact) mass is 182 g/mol. The van der Waals surface area contributed by atoms with Crippen LogP contribution in [0.5, 0.6) is 0 Å². The molecule has 0 aliphatic heterocycles. The number of nitrogens with one attached hydrogen (secondary N) is 1. The standard InChI is InChI=1S/C8H10N2OS/c11-8-10-9-7(12-8)6-4-2-1-3-5-6/h4H,1-3,5H2,(H,10,11). The van der Waals surface area contributed by atoms with Crippen LogP contribution in [0.25, 0.3) is 5.57 Å². The van der Waals surface area contributed by atoms with Gasteiger partial charge in [0.15, 0.2) is 0 Å². The minimum Gasteiger partial charge on any atom is -0.255 e. The lowest BCUT2D eigenvalue weighted by molar-refractivity contribution is 0.740. The molecule has 0 saturated heterocycles. The molecule has 0 spiro atoms. The first-order valence-corrected chi connectivity index (χ1v) is 4.93. The molecular formula is C8H10N2OS. The van der Waals surface area contributed by atoms with Crippen LogP contribution in [0, 0.1) is 0 Å². The number of hydrogen-bond acceptors (Lipinski definition) is 3. The molecule has 0 amide bonds. The number of H-pyrrole nitrogens is 1. The second-order valence-corrected chi connectivity index (χ2v) is 3.86. The lowest BCUT2D eigenvalue weighted by Gasteiger charge is -2.08. The van der Waals surface area contributed by atoms with Gasteiger partial charge in [-0.1, -0.05) is 17.4 Å². The van der Waals surface area contributed by atoms with Crippen LogP contribution in [0.15, 0.2) is 10.9 Å². The summed E-state index contributed by atoms with van der Waals surface area (Å²) in [6.07, 6.45) is 6.88. The van der Waals surface area contributed by atoms with E-state index < -0.39 is 0 Å². The maximum Gasteiger partial charge on any atom is 0.322 e. The van der Waals surface area contributed by atoms with E-state index in [0.29, 0.717) is 0 Å². The lowest BCUT2D eigenvalue weighted by atomic mass is 10.0. The van der Waals surface area contributed by atoms with Crippen molar-refractivity contribution in [3.8, 4) is 0 Å². The van der Waals surface area contributed by atoms with Crippen LogP contribution in [-0.4, -0.2) is 10.2 Å². The molecule has 0 bridgehead atoms. The molecule has 64 valence electrons. The first-order chi connectivity index (χ1) is 5.86. The van der Waals surface area contributed by atoms with Crippen LogP contribution in [0.3, 0.4) is 0 Å². The highest BCUT2D eigenvalue weighted by molar-refractivity contribution is 7.10. The Morgan fingerprint density at radius 3 is 3.00 bits per heavy atom. The largest absolute Gasteiger partial charge is 0.322 e. The zero-order valence-corrected chi connectivity index (χ0v) is 7.49. The summed E-state index contributed by atoms with van der Waals surface area (Å²) in [7, 11) is 0. The topological polar surface area (TPSA) is 45.8 Å². The Bertz CT molecular complexity index is 350. The highest BCUT2D eigenvalue weighted by Gasteiger charge is 2.09. The van der Waals surface area contributed by atoms with Crippen molar-refractivity contribution in [2.75, 3.05) is 0 Å². The van der Waals surface area contributed by atoms with Gasteiger partial charge in [-0.3, -0.25) is 4.79 Å². The minimum absolute atomic E-state index is 0.0588. The molecule has 0 radical (unpaired) electrons. The van der Waals surface area contributed by atoms with E-state index in [1.165, 1.54) is 29.8 Å². The number of aromatic amines is 1. The van der Waals surface area contributed by atoms with Crippen molar-refractivity contribution in [3.63, 3.8) is 0 Å². The third kappa shape index (κ3) is 1.48. The van der Waals surface area contributed by atoms with Crippen LogP contribution in [0.1, 0.15) is 30.7 Å². The number of hydrogen-bond donors (Lipinski definition) is 1. The van der Waals surface area contributed by atoms with Crippen molar-refractivity contribution in [3.05, 3.63) is 20.8 Å². The summed E-state index contributed by atoms with van der Waals surface area (Å²) in [6, 6.07) is 0. The molecule has 0 saturated carbocycles. The van der Waals surface area contributed by atoms with Gasteiger partial charge in [0.05, 0.1) is 0 Å². The molecule has 2 rings (SSSR count). The molecule has 1 aliphatic rings. The molecule has 12 heavy (non-hydrogen) atoms. The van der Waals surface area contributed by atoms with Crippen LogP contribution in [0.2, 0.25) is 0 Å². The normalized spacial score (nSPS) is 17.5. The first-order valence-electron chi connectivity index (χ1n) is 4.11. The summed E-state index contributed by atoms with van der Waals surface area (Å²) in [4.78, 5) is 10.7. The average Bonchev–Trinajstić information content (AvgIpc) is 2.54. The number of allylic oxidation sites excluding steroid dienone is 2. The quantitative estimate of drug-likeness (QED) is 0.719. The number of aromatic nitrogens is 2. The Morgan fingerprint density at radius 2 is 2.42 bits per heavy atom. The predicted molar refractivity (Wildman–Crippen MR) is 49.2 cm³/mol. The lowest BCUT2D eigenvalue weighted by Crippen LogP contribution is -1.91. The highest BCUT2D eigenvalue weighted by atomic mass is 32.1. The fourth-order valence-electron chi connectivity index (χ4n) is 1.40. The molecule has 1 aromatic rings. The Balaban J connectivity index is 2.29. The molecule has 3 nitrogen and oxygen atoms in total. The maximum absolute atomic E-state index is 10.8. The molecule has 1 N–H and O–H groups in total. The molecule has 1 aliphatic carbocycles. The zero-order valence-electron chi connectivity index (χ0n) is 6.67. The van der Waals surface area contributed by atoms with Gasteiger partial charge in [-0.05, 0) is 31.3 Å². The van der Waals surface area contributed by atoms with Gasteiger partial charge in [-0.25, -0.2) is 5.10 Å². The molecule has 0 unspecified atom stereocenters. The summed E-state index contributed by atoms with van der Waals surface area (Å²) in [5, 5.41) is 7.26. The zero-order chi connectivity index (χ0) is 8.39. The summed E-state index contributed by atoms with van der Waals surface area (Å²) < 4.78 is 0. The van der Waals surface area contributed by atoms with Crippen molar-refractivity contribution in [1.82, 2.24) is 10.2 Å². The molecule has 1 heterocycles. The second-order valence-electron chi connectivity index (χ2n) is 2.89. The van der Waals surface area contributed by atoms with Gasteiger partial charge in [0.2, 0.25) is 0 Å². The Morgan fingerprint density at radius 1 is 1.50 bits per heavy atom. The Hall–Kier alpha value is -0.900. The second kappa shape index (κ2) is 3.23. The fourth-order valence-corrected chi connectivity index (χ4v) is 2.07. The van der Waals surface area contributed by atoms with Crippen molar-refractivity contribution in [2.45, 2.75) is 25.7 Å². The molecular weight excluding hydrogens is 172 g/mol. The average molecular weight is 182 g/mol. The fraction of sp³-hybridized carbons (Fsp3) is 0.500. The SMILES string of the molecule is O=c1[nH]nc(C2=CCCCC2)s1. The molecule has 1 aromatic heterocycles. The molecule has 0 aromatic carbocycles. The Labute approximate surface area is 74.1 Å². The van der Waals surface area contributed by atoms with Crippen LogP contribution in [0.4, 0.5) is 0 Å². The van der Waals surface area contributed by atoms with Crippen molar-refractivity contribution < 1.29 is 0 Å². The van der Waals surface area contributed by atoms with E-state index in [-0.39, 0.29) is 4.87 Å². The predicted octanol–water partition coefficient (Wildman–Crippen LogP) is 1.79. The third-order valence-corrected chi connectivity index (χ3v) is 2.83. The number of nitrogens with zero attached hydrogens (tertiary/aromatic N) is 1. The van der Waals surface area contributed by atoms with E-state index in [0.717, 1.165) is 17.8 Å². The van der Waals surface area contributed by atoms with E-state index in [2.05, 4.69) is 16.3 Å². The van der Waals surface area contributed by atoms with Crippen LogP contribution >= 0.6 is 11.3 Å².